The lowest BCUT2D eigenvalue weighted by Gasteiger charge is -2.41. The molecule has 1 fully saturated rings. The second kappa shape index (κ2) is 5.88. The van der Waals surface area contributed by atoms with E-state index in [2.05, 4.69) is 60.7 Å². The van der Waals surface area contributed by atoms with Crippen LogP contribution in [0.3, 0.4) is 0 Å². The standard InChI is InChI=1S/C17H24N2O/c1-19(2)10-11-20-15-8-6-14(7-9-15)18-17-12-13-4-3-5-16(13)17/h3,5-9,13,16-18H,4,10-12H2,1-2H3. The summed E-state index contributed by atoms with van der Waals surface area (Å²) in [7, 11) is 4.11. The lowest BCUT2D eigenvalue weighted by atomic mass is 9.71. The molecule has 2 aliphatic carbocycles. The average molecular weight is 272 g/mol. The molecule has 1 aromatic rings. The van der Waals surface area contributed by atoms with Gasteiger partial charge in [0.15, 0.2) is 0 Å². The molecule has 1 N–H and O–H groups in total. The molecule has 3 unspecified atom stereocenters. The summed E-state index contributed by atoms with van der Waals surface area (Å²) in [4.78, 5) is 2.12. The van der Waals surface area contributed by atoms with E-state index in [1.165, 1.54) is 18.5 Å². The van der Waals surface area contributed by atoms with Gasteiger partial charge in [-0.1, -0.05) is 12.2 Å². The highest BCUT2D eigenvalue weighted by Crippen LogP contribution is 2.44. The zero-order chi connectivity index (χ0) is 13.9. The van der Waals surface area contributed by atoms with E-state index in [-0.39, 0.29) is 0 Å². The lowest BCUT2D eigenvalue weighted by Crippen LogP contribution is -2.43. The zero-order valence-electron chi connectivity index (χ0n) is 12.4. The minimum absolute atomic E-state index is 0.624. The lowest BCUT2D eigenvalue weighted by molar-refractivity contribution is 0.218. The van der Waals surface area contributed by atoms with Gasteiger partial charge in [0, 0.05) is 24.2 Å². The van der Waals surface area contributed by atoms with E-state index in [0.29, 0.717) is 6.04 Å². The second-order valence-corrected chi connectivity index (χ2v) is 6.16. The number of hydrogen-bond acceptors (Lipinski definition) is 3. The normalized spacial score (nSPS) is 27.2. The van der Waals surface area contributed by atoms with Crippen molar-refractivity contribution >= 4 is 5.69 Å². The van der Waals surface area contributed by atoms with Crippen LogP contribution in [0.15, 0.2) is 36.4 Å². The summed E-state index contributed by atoms with van der Waals surface area (Å²) in [5, 5.41) is 3.64. The Morgan fingerprint density at radius 1 is 1.25 bits per heavy atom. The SMILES string of the molecule is CN(C)CCOc1ccc(NC2CC3CC=CC32)cc1. The van der Waals surface area contributed by atoms with Gasteiger partial charge in [-0.3, -0.25) is 0 Å². The summed E-state index contributed by atoms with van der Waals surface area (Å²) in [6.45, 7) is 1.68. The Morgan fingerprint density at radius 2 is 2.05 bits per heavy atom. The Hall–Kier alpha value is -1.48. The van der Waals surface area contributed by atoms with Crippen molar-refractivity contribution in [3.8, 4) is 5.75 Å². The Bertz CT molecular complexity index is 466. The fourth-order valence-electron chi connectivity index (χ4n) is 3.09. The van der Waals surface area contributed by atoms with E-state index < -0.39 is 0 Å². The monoisotopic (exact) mass is 272 g/mol. The number of fused-ring (bicyclic) bond motifs is 1. The molecule has 2 aliphatic rings. The number of likely N-dealkylation sites (N-methyl/N-ethyl adjacent to an activating group) is 1. The third kappa shape index (κ3) is 2.98. The summed E-state index contributed by atoms with van der Waals surface area (Å²) >= 11 is 0. The van der Waals surface area contributed by atoms with Crippen LogP contribution < -0.4 is 10.1 Å². The van der Waals surface area contributed by atoms with Crippen molar-refractivity contribution in [1.82, 2.24) is 4.90 Å². The average Bonchev–Trinajstić information content (AvgIpc) is 2.79. The van der Waals surface area contributed by atoms with Gasteiger partial charge >= 0.3 is 0 Å². The molecule has 0 radical (unpaired) electrons. The Balaban J connectivity index is 1.48. The van der Waals surface area contributed by atoms with Gasteiger partial charge in [0.1, 0.15) is 12.4 Å². The zero-order valence-corrected chi connectivity index (χ0v) is 12.4. The molecule has 0 amide bonds. The van der Waals surface area contributed by atoms with Gasteiger partial charge in [-0.05, 0) is 57.1 Å². The fraction of sp³-hybridized carbons (Fsp3) is 0.529. The van der Waals surface area contributed by atoms with Crippen molar-refractivity contribution in [3.63, 3.8) is 0 Å². The first-order valence-corrected chi connectivity index (χ1v) is 7.53. The quantitative estimate of drug-likeness (QED) is 0.806. The van der Waals surface area contributed by atoms with Crippen LogP contribution in [0.1, 0.15) is 12.8 Å². The summed E-state index contributed by atoms with van der Waals surface area (Å²) in [6.07, 6.45) is 7.30. The van der Waals surface area contributed by atoms with Crippen LogP contribution in [-0.2, 0) is 0 Å². The third-order valence-electron chi connectivity index (χ3n) is 4.38. The van der Waals surface area contributed by atoms with E-state index >= 15 is 0 Å². The molecule has 108 valence electrons. The first-order chi connectivity index (χ1) is 9.72. The summed E-state index contributed by atoms with van der Waals surface area (Å²) in [6, 6.07) is 8.98. The Labute approximate surface area is 121 Å². The molecule has 0 saturated heterocycles. The minimum atomic E-state index is 0.624. The van der Waals surface area contributed by atoms with Crippen LogP contribution in [0, 0.1) is 11.8 Å². The molecule has 0 bridgehead atoms. The minimum Gasteiger partial charge on any atom is -0.492 e. The molecule has 3 nitrogen and oxygen atoms in total. The fourth-order valence-corrected chi connectivity index (χ4v) is 3.09. The summed E-state index contributed by atoms with van der Waals surface area (Å²) in [5.41, 5.74) is 1.20. The summed E-state index contributed by atoms with van der Waals surface area (Å²) in [5.74, 6) is 2.61. The van der Waals surface area contributed by atoms with Crippen LogP contribution in [0.2, 0.25) is 0 Å². The topological polar surface area (TPSA) is 24.5 Å². The van der Waals surface area contributed by atoms with Gasteiger partial charge in [-0.2, -0.15) is 0 Å². The molecule has 20 heavy (non-hydrogen) atoms. The van der Waals surface area contributed by atoms with Gasteiger partial charge in [0.2, 0.25) is 0 Å². The maximum absolute atomic E-state index is 5.71. The Kier molecular flexibility index (Phi) is 3.97. The summed E-state index contributed by atoms with van der Waals surface area (Å²) < 4.78 is 5.71. The number of nitrogens with one attached hydrogen (secondary N) is 1. The number of hydrogen-bond donors (Lipinski definition) is 1. The molecule has 1 aromatic carbocycles. The molecular formula is C17H24N2O. The van der Waals surface area contributed by atoms with Gasteiger partial charge < -0.3 is 15.0 Å². The first-order valence-electron chi connectivity index (χ1n) is 7.53. The van der Waals surface area contributed by atoms with Crippen LogP contribution in [-0.4, -0.2) is 38.2 Å². The highest BCUT2D eigenvalue weighted by molar-refractivity contribution is 5.48. The highest BCUT2D eigenvalue weighted by Gasteiger charge is 2.40. The second-order valence-electron chi connectivity index (χ2n) is 6.16. The molecule has 3 atom stereocenters. The maximum atomic E-state index is 5.71. The first kappa shape index (κ1) is 13.5. The number of ether oxygens (including phenoxy) is 1. The van der Waals surface area contributed by atoms with Crippen molar-refractivity contribution in [2.24, 2.45) is 11.8 Å². The van der Waals surface area contributed by atoms with Crippen LogP contribution in [0.25, 0.3) is 0 Å². The van der Waals surface area contributed by atoms with Crippen molar-refractivity contribution in [3.05, 3.63) is 36.4 Å². The molecule has 0 spiro atoms. The predicted octanol–water partition coefficient (Wildman–Crippen LogP) is 3.00. The van der Waals surface area contributed by atoms with Crippen LogP contribution in [0.4, 0.5) is 5.69 Å². The number of rotatable bonds is 6. The van der Waals surface area contributed by atoms with Gasteiger partial charge in [-0.15, -0.1) is 0 Å². The maximum Gasteiger partial charge on any atom is 0.119 e. The van der Waals surface area contributed by atoms with E-state index in [0.717, 1.165) is 30.7 Å². The van der Waals surface area contributed by atoms with Gasteiger partial charge in [-0.25, -0.2) is 0 Å². The van der Waals surface area contributed by atoms with Gasteiger partial charge in [0.25, 0.3) is 0 Å². The molecule has 1 saturated carbocycles. The molecular weight excluding hydrogens is 248 g/mol. The van der Waals surface area contributed by atoms with Crippen LogP contribution >= 0.6 is 0 Å². The smallest absolute Gasteiger partial charge is 0.119 e. The van der Waals surface area contributed by atoms with E-state index in [1.54, 1.807) is 0 Å². The van der Waals surface area contributed by atoms with E-state index in [4.69, 9.17) is 4.74 Å². The number of benzene rings is 1. The van der Waals surface area contributed by atoms with Crippen molar-refractivity contribution in [2.45, 2.75) is 18.9 Å². The third-order valence-corrected chi connectivity index (χ3v) is 4.38. The highest BCUT2D eigenvalue weighted by atomic mass is 16.5. The number of nitrogens with zero attached hydrogens (tertiary/aromatic N) is 1. The van der Waals surface area contributed by atoms with Crippen molar-refractivity contribution in [1.29, 1.82) is 0 Å². The van der Waals surface area contributed by atoms with Crippen molar-refractivity contribution in [2.75, 3.05) is 32.6 Å². The largest absolute Gasteiger partial charge is 0.492 e. The molecule has 3 rings (SSSR count). The van der Waals surface area contributed by atoms with Crippen molar-refractivity contribution < 1.29 is 4.74 Å². The predicted molar refractivity (Wildman–Crippen MR) is 83.3 cm³/mol. The molecule has 0 aliphatic heterocycles. The molecule has 0 heterocycles. The Morgan fingerprint density at radius 3 is 2.75 bits per heavy atom. The van der Waals surface area contributed by atoms with E-state index in [1.807, 2.05) is 0 Å². The van der Waals surface area contributed by atoms with Crippen LogP contribution in [0.5, 0.6) is 5.75 Å². The van der Waals surface area contributed by atoms with E-state index in [9.17, 15) is 0 Å². The number of anilines is 1. The number of allylic oxidation sites excluding steroid dienone is 1. The molecule has 3 heteroatoms. The molecule has 0 aromatic heterocycles. The van der Waals surface area contributed by atoms with Gasteiger partial charge in [0.05, 0.1) is 0 Å².